The maximum Gasteiger partial charge on any atom is 0.408 e. The molecule has 1 N–H and O–H groups in total. The number of amides is 1. The first-order chi connectivity index (χ1) is 19.6. The van der Waals surface area contributed by atoms with E-state index in [1.165, 1.54) is 0 Å². The van der Waals surface area contributed by atoms with Crippen LogP contribution < -0.4 is 14.5 Å². The minimum absolute atomic E-state index is 0.0177. The van der Waals surface area contributed by atoms with Gasteiger partial charge in [-0.15, -0.1) is 0 Å². The highest BCUT2D eigenvalue weighted by atomic mass is 28.4. The minimum Gasteiger partial charge on any atom is -0.543 e. The fourth-order valence-corrected chi connectivity index (χ4v) is 4.80. The largest absolute Gasteiger partial charge is 0.543 e. The van der Waals surface area contributed by atoms with Gasteiger partial charge in [0.15, 0.2) is 0 Å². The van der Waals surface area contributed by atoms with E-state index in [9.17, 15) is 9.59 Å². The van der Waals surface area contributed by atoms with Crippen LogP contribution in [0.15, 0.2) is 78.9 Å². The zero-order valence-corrected chi connectivity index (χ0v) is 27.2. The number of carbonyl (C=O) groups excluding carboxylic acids is 2. The summed E-state index contributed by atoms with van der Waals surface area (Å²) in [5, 5.41) is 2.70. The number of ether oxygens (including phenoxy) is 3. The van der Waals surface area contributed by atoms with Gasteiger partial charge in [0, 0.05) is 12.5 Å². The first kappa shape index (κ1) is 32.7. The molecule has 3 aromatic carbocycles. The van der Waals surface area contributed by atoms with E-state index in [0.29, 0.717) is 18.1 Å². The van der Waals surface area contributed by atoms with Crippen molar-refractivity contribution < 1.29 is 28.2 Å². The van der Waals surface area contributed by atoms with Gasteiger partial charge in [0.2, 0.25) is 8.32 Å². The van der Waals surface area contributed by atoms with Crippen molar-refractivity contribution in [1.82, 2.24) is 5.32 Å². The molecule has 0 radical (unpaired) electrons. The van der Waals surface area contributed by atoms with Crippen LogP contribution in [-0.4, -0.2) is 32.0 Å². The van der Waals surface area contributed by atoms with Gasteiger partial charge in [-0.05, 0) is 67.7 Å². The van der Waals surface area contributed by atoms with Gasteiger partial charge in [0.05, 0.1) is 0 Å². The molecule has 0 bridgehead atoms. The molecule has 0 fully saturated rings. The van der Waals surface area contributed by atoms with Crippen LogP contribution in [0.5, 0.6) is 11.5 Å². The third-order valence-electron chi connectivity index (χ3n) is 7.01. The van der Waals surface area contributed by atoms with Gasteiger partial charge in [-0.1, -0.05) is 81.4 Å². The number of rotatable bonds is 11. The molecule has 0 spiro atoms. The summed E-state index contributed by atoms with van der Waals surface area (Å²) in [6.45, 7) is 16.7. The Labute approximate surface area is 251 Å². The van der Waals surface area contributed by atoms with E-state index in [4.69, 9.17) is 18.6 Å². The second kappa shape index (κ2) is 13.9. The maximum atomic E-state index is 13.3. The molecule has 0 aliphatic rings. The quantitative estimate of drug-likeness (QED) is 0.181. The molecule has 3 rings (SSSR count). The van der Waals surface area contributed by atoms with E-state index in [1.807, 2.05) is 78.9 Å². The molecule has 42 heavy (non-hydrogen) atoms. The Bertz CT molecular complexity index is 1310. The monoisotopic (exact) mass is 591 g/mol. The predicted molar refractivity (Wildman–Crippen MR) is 168 cm³/mol. The summed E-state index contributed by atoms with van der Waals surface area (Å²) in [5.74, 6) is 0.710. The van der Waals surface area contributed by atoms with Gasteiger partial charge in [-0.3, -0.25) is 0 Å². The molecule has 3 aromatic rings. The number of esters is 1. The smallest absolute Gasteiger partial charge is 0.408 e. The lowest BCUT2D eigenvalue weighted by Gasteiger charge is -2.36. The van der Waals surface area contributed by atoms with Gasteiger partial charge >= 0.3 is 12.1 Å². The fourth-order valence-electron chi connectivity index (χ4n) is 3.79. The minimum atomic E-state index is -2.18. The lowest BCUT2D eigenvalue weighted by Crippen LogP contribution is -2.45. The van der Waals surface area contributed by atoms with Gasteiger partial charge in [-0.25, -0.2) is 9.59 Å². The molecule has 1 atom stereocenters. The van der Waals surface area contributed by atoms with Crippen molar-refractivity contribution in [2.24, 2.45) is 0 Å². The normalized spacial score (nSPS) is 12.7. The molecule has 0 saturated heterocycles. The Balaban J connectivity index is 1.90. The summed E-state index contributed by atoms with van der Waals surface area (Å²) >= 11 is 0. The molecule has 1 amide bonds. The van der Waals surface area contributed by atoms with E-state index < -0.39 is 32.0 Å². The molecular weight excluding hydrogens is 546 g/mol. The molecular formula is C34H45NO6Si. The summed E-state index contributed by atoms with van der Waals surface area (Å²) in [6.07, 6.45) is -0.540. The summed E-state index contributed by atoms with van der Waals surface area (Å²) in [6, 6.07) is 24.0. The highest BCUT2D eigenvalue weighted by Gasteiger charge is 2.39. The number of hydrogen-bond acceptors (Lipinski definition) is 6. The second-order valence-electron chi connectivity index (χ2n) is 12.9. The Morgan fingerprint density at radius 3 is 1.86 bits per heavy atom. The van der Waals surface area contributed by atoms with Gasteiger partial charge in [-0.2, -0.15) is 0 Å². The van der Waals surface area contributed by atoms with Gasteiger partial charge in [0.1, 0.15) is 36.4 Å². The summed E-state index contributed by atoms with van der Waals surface area (Å²) < 4.78 is 23.9. The van der Waals surface area contributed by atoms with Crippen LogP contribution in [-0.2, 0) is 33.9 Å². The summed E-state index contributed by atoms with van der Waals surface area (Å²) in [5.41, 5.74) is 1.91. The Morgan fingerprint density at radius 2 is 1.31 bits per heavy atom. The highest BCUT2D eigenvalue weighted by Crippen LogP contribution is 2.38. The van der Waals surface area contributed by atoms with Crippen molar-refractivity contribution in [3.05, 3.63) is 95.6 Å². The molecule has 0 heterocycles. The van der Waals surface area contributed by atoms with Crippen LogP contribution in [0.2, 0.25) is 18.1 Å². The SMILES string of the molecule is CC(C)(C)OC(=O)N[C@@H](Cc1cc(OCc2ccccc2)cc(O[Si](C)(C)C(C)(C)C)c1)C(=O)OCc1ccccc1. The molecule has 0 aromatic heterocycles. The van der Waals surface area contributed by atoms with E-state index in [2.05, 4.69) is 39.2 Å². The van der Waals surface area contributed by atoms with Crippen molar-refractivity contribution in [3.8, 4) is 11.5 Å². The Kier molecular flexibility index (Phi) is 10.8. The molecule has 0 aliphatic carbocycles. The second-order valence-corrected chi connectivity index (χ2v) is 17.7. The van der Waals surface area contributed by atoms with Crippen molar-refractivity contribution in [1.29, 1.82) is 0 Å². The van der Waals surface area contributed by atoms with Crippen LogP contribution in [0.25, 0.3) is 0 Å². The molecule has 0 saturated carbocycles. The Morgan fingerprint density at radius 1 is 0.762 bits per heavy atom. The number of hydrogen-bond donors (Lipinski definition) is 1. The average Bonchev–Trinajstić information content (AvgIpc) is 2.89. The molecule has 7 nitrogen and oxygen atoms in total. The van der Waals surface area contributed by atoms with Crippen molar-refractivity contribution in [2.75, 3.05) is 0 Å². The Hall–Kier alpha value is -3.78. The summed E-state index contributed by atoms with van der Waals surface area (Å²) in [7, 11) is -2.18. The van der Waals surface area contributed by atoms with Crippen LogP contribution in [0, 0.1) is 0 Å². The van der Waals surface area contributed by atoms with E-state index in [1.54, 1.807) is 20.8 Å². The van der Waals surface area contributed by atoms with Crippen molar-refractivity contribution in [3.63, 3.8) is 0 Å². The molecule has 8 heteroatoms. The first-order valence-electron chi connectivity index (χ1n) is 14.3. The zero-order chi connectivity index (χ0) is 31.0. The topological polar surface area (TPSA) is 83.1 Å². The standard InChI is InChI=1S/C34H45NO6Si/c1-33(2,3)40-32(37)35-30(31(36)39-24-26-17-13-10-14-18-26)21-27-19-28(38-23-25-15-11-9-12-16-25)22-29(20-27)41-42(7,8)34(4,5)6/h9-20,22,30H,21,23-24H2,1-8H3,(H,35,37)/t30-/m0/s1. The number of benzene rings is 3. The van der Waals surface area contributed by atoms with Gasteiger partial charge in [0.25, 0.3) is 0 Å². The highest BCUT2D eigenvalue weighted by molar-refractivity contribution is 6.74. The zero-order valence-electron chi connectivity index (χ0n) is 26.2. The van der Waals surface area contributed by atoms with Crippen LogP contribution in [0.4, 0.5) is 4.79 Å². The predicted octanol–water partition coefficient (Wildman–Crippen LogP) is 7.83. The average molecular weight is 592 g/mol. The van der Waals surface area contributed by atoms with Crippen LogP contribution in [0.1, 0.15) is 58.2 Å². The van der Waals surface area contributed by atoms with Crippen molar-refractivity contribution >= 4 is 20.4 Å². The molecule has 0 aliphatic heterocycles. The number of alkyl carbamates (subject to hydrolysis) is 1. The lowest BCUT2D eigenvalue weighted by atomic mass is 10.1. The van der Waals surface area contributed by atoms with E-state index in [-0.39, 0.29) is 18.1 Å². The van der Waals surface area contributed by atoms with Crippen molar-refractivity contribution in [2.45, 2.75) is 91.0 Å². The lowest BCUT2D eigenvalue weighted by molar-refractivity contribution is -0.147. The third kappa shape index (κ3) is 10.6. The number of carbonyl (C=O) groups is 2. The first-order valence-corrected chi connectivity index (χ1v) is 17.2. The maximum absolute atomic E-state index is 13.3. The molecule has 0 unspecified atom stereocenters. The van der Waals surface area contributed by atoms with E-state index in [0.717, 1.165) is 16.7 Å². The third-order valence-corrected chi connectivity index (χ3v) is 11.4. The van der Waals surface area contributed by atoms with Gasteiger partial charge < -0.3 is 24.0 Å². The summed E-state index contributed by atoms with van der Waals surface area (Å²) in [4.78, 5) is 26.1. The number of nitrogens with one attached hydrogen (secondary N) is 1. The van der Waals surface area contributed by atoms with Crippen LogP contribution >= 0.6 is 0 Å². The van der Waals surface area contributed by atoms with E-state index >= 15 is 0 Å². The molecule has 226 valence electrons. The van der Waals surface area contributed by atoms with Crippen LogP contribution in [0.3, 0.4) is 0 Å². The fraction of sp³-hybridized carbons (Fsp3) is 0.412.